The van der Waals surface area contributed by atoms with Crippen LogP contribution in [0.25, 0.3) is 0 Å². The fraction of sp³-hybridized carbons (Fsp3) is 0.267. The molecule has 0 aliphatic rings. The molecule has 0 radical (unpaired) electrons. The van der Waals surface area contributed by atoms with Crippen molar-refractivity contribution >= 4 is 11.5 Å². The summed E-state index contributed by atoms with van der Waals surface area (Å²) < 4.78 is 5.53. The van der Waals surface area contributed by atoms with Crippen LogP contribution in [0.5, 0.6) is 5.75 Å². The van der Waals surface area contributed by atoms with Crippen LogP contribution in [0.4, 0.5) is 11.5 Å². The molecular weight excluding hydrogens is 252 g/mol. The van der Waals surface area contributed by atoms with Crippen LogP contribution in [-0.4, -0.2) is 23.6 Å². The Kier molecular flexibility index (Phi) is 4.16. The van der Waals surface area contributed by atoms with Crippen molar-refractivity contribution < 1.29 is 4.74 Å². The molecule has 1 aromatic carbocycles. The van der Waals surface area contributed by atoms with E-state index in [0.717, 1.165) is 17.0 Å². The smallest absolute Gasteiger partial charge is 0.145 e. The van der Waals surface area contributed by atoms with Gasteiger partial charge in [-0.25, -0.2) is 9.97 Å². The summed E-state index contributed by atoms with van der Waals surface area (Å²) in [6.45, 7) is 4.61. The quantitative estimate of drug-likeness (QED) is 0.853. The summed E-state index contributed by atoms with van der Waals surface area (Å²) in [6.07, 6.45) is 1.39. The molecule has 0 atom stereocenters. The molecule has 0 aliphatic carbocycles. The third-order valence-electron chi connectivity index (χ3n) is 2.96. The lowest BCUT2D eigenvalue weighted by molar-refractivity contribution is 0.338. The Morgan fingerprint density at radius 3 is 2.75 bits per heavy atom. The minimum absolute atomic E-state index is 0.351. The van der Waals surface area contributed by atoms with Crippen molar-refractivity contribution in [1.29, 1.82) is 5.26 Å². The number of aryl methyl sites for hydroxylation is 1. The van der Waals surface area contributed by atoms with E-state index in [1.54, 1.807) is 6.07 Å². The predicted octanol–water partition coefficient (Wildman–Crippen LogP) is 2.82. The summed E-state index contributed by atoms with van der Waals surface area (Å²) in [5.74, 6) is 1.56. The molecule has 0 fully saturated rings. The first-order valence-corrected chi connectivity index (χ1v) is 6.35. The zero-order chi connectivity index (χ0) is 14.5. The van der Waals surface area contributed by atoms with Crippen LogP contribution >= 0.6 is 0 Å². The van der Waals surface area contributed by atoms with E-state index in [1.807, 2.05) is 50.1 Å². The largest absolute Gasteiger partial charge is 0.494 e. The lowest BCUT2D eigenvalue weighted by atomic mass is 10.2. The number of hydrogen-bond donors (Lipinski definition) is 0. The van der Waals surface area contributed by atoms with Crippen molar-refractivity contribution in [3.63, 3.8) is 0 Å². The highest BCUT2D eigenvalue weighted by Crippen LogP contribution is 2.27. The van der Waals surface area contributed by atoms with Gasteiger partial charge < -0.3 is 9.64 Å². The van der Waals surface area contributed by atoms with Gasteiger partial charge in [-0.3, -0.25) is 0 Å². The number of ether oxygens (including phenoxy) is 1. The van der Waals surface area contributed by atoms with Gasteiger partial charge in [0.25, 0.3) is 0 Å². The second kappa shape index (κ2) is 6.02. The van der Waals surface area contributed by atoms with Gasteiger partial charge in [0.15, 0.2) is 0 Å². The number of benzene rings is 1. The Hall–Kier alpha value is -2.61. The first-order valence-electron chi connectivity index (χ1n) is 6.35. The highest BCUT2D eigenvalue weighted by Gasteiger charge is 2.09. The number of nitriles is 1. The molecule has 0 amide bonds. The summed E-state index contributed by atoms with van der Waals surface area (Å²) in [5.41, 5.74) is 2.39. The van der Waals surface area contributed by atoms with E-state index in [1.165, 1.54) is 6.33 Å². The summed E-state index contributed by atoms with van der Waals surface area (Å²) in [5, 5.41) is 8.88. The highest BCUT2D eigenvalue weighted by molar-refractivity contribution is 5.62. The second-order valence-electron chi connectivity index (χ2n) is 4.32. The molecule has 2 aromatic rings. The van der Waals surface area contributed by atoms with Crippen molar-refractivity contribution in [3.8, 4) is 11.8 Å². The fourth-order valence-corrected chi connectivity index (χ4v) is 1.88. The topological polar surface area (TPSA) is 62.0 Å². The summed E-state index contributed by atoms with van der Waals surface area (Å²) in [7, 11) is 1.90. The van der Waals surface area contributed by atoms with Crippen LogP contribution in [0, 0.1) is 18.3 Å². The van der Waals surface area contributed by atoms with E-state index in [-0.39, 0.29) is 0 Å². The number of aromatic nitrogens is 2. The third kappa shape index (κ3) is 2.86. The number of anilines is 2. The maximum atomic E-state index is 8.88. The van der Waals surface area contributed by atoms with Crippen molar-refractivity contribution in [2.45, 2.75) is 13.8 Å². The van der Waals surface area contributed by atoms with Crippen molar-refractivity contribution in [1.82, 2.24) is 9.97 Å². The standard InChI is InChI=1S/C15H16N4O/c1-4-20-14-6-5-13(7-11(14)2)19(3)15-8-12(9-16)17-10-18-15/h5-8,10H,4H2,1-3H3. The predicted molar refractivity (Wildman–Crippen MR) is 77.2 cm³/mol. The maximum absolute atomic E-state index is 8.88. The maximum Gasteiger partial charge on any atom is 0.145 e. The molecule has 0 aliphatic heterocycles. The van der Waals surface area contributed by atoms with Crippen LogP contribution in [0.2, 0.25) is 0 Å². The molecular formula is C15H16N4O. The SMILES string of the molecule is CCOc1ccc(N(C)c2cc(C#N)ncn2)cc1C. The van der Waals surface area contributed by atoms with Crippen LogP contribution in [0.1, 0.15) is 18.2 Å². The third-order valence-corrected chi connectivity index (χ3v) is 2.96. The minimum Gasteiger partial charge on any atom is -0.494 e. The monoisotopic (exact) mass is 268 g/mol. The molecule has 1 aromatic heterocycles. The fourth-order valence-electron chi connectivity index (χ4n) is 1.88. The number of hydrogen-bond acceptors (Lipinski definition) is 5. The molecule has 0 saturated heterocycles. The summed E-state index contributed by atoms with van der Waals surface area (Å²) in [4.78, 5) is 9.96. The van der Waals surface area contributed by atoms with Gasteiger partial charge in [0, 0.05) is 18.8 Å². The van der Waals surface area contributed by atoms with E-state index in [2.05, 4.69) is 9.97 Å². The Morgan fingerprint density at radius 2 is 2.10 bits per heavy atom. The van der Waals surface area contributed by atoms with Crippen molar-refractivity contribution in [2.24, 2.45) is 0 Å². The summed E-state index contributed by atoms with van der Waals surface area (Å²) in [6, 6.07) is 9.60. The lowest BCUT2D eigenvalue weighted by Crippen LogP contribution is -2.12. The van der Waals surface area contributed by atoms with Crippen LogP contribution in [-0.2, 0) is 0 Å². The Balaban J connectivity index is 2.31. The molecule has 5 nitrogen and oxygen atoms in total. The van der Waals surface area contributed by atoms with Gasteiger partial charge in [-0.1, -0.05) is 0 Å². The highest BCUT2D eigenvalue weighted by atomic mass is 16.5. The molecule has 20 heavy (non-hydrogen) atoms. The van der Waals surface area contributed by atoms with Gasteiger partial charge in [0.2, 0.25) is 0 Å². The molecule has 2 rings (SSSR count). The average Bonchev–Trinajstić information content (AvgIpc) is 2.49. The van der Waals surface area contributed by atoms with E-state index >= 15 is 0 Å². The molecule has 0 bridgehead atoms. The molecule has 0 unspecified atom stereocenters. The van der Waals surface area contributed by atoms with Crippen LogP contribution in [0.15, 0.2) is 30.6 Å². The number of nitrogens with zero attached hydrogens (tertiary/aromatic N) is 4. The minimum atomic E-state index is 0.351. The lowest BCUT2D eigenvalue weighted by Gasteiger charge is -2.19. The first kappa shape index (κ1) is 13.8. The van der Waals surface area contributed by atoms with Gasteiger partial charge in [-0.15, -0.1) is 0 Å². The Morgan fingerprint density at radius 1 is 1.30 bits per heavy atom. The summed E-state index contributed by atoms with van der Waals surface area (Å²) >= 11 is 0. The number of rotatable bonds is 4. The molecule has 0 spiro atoms. The van der Waals surface area contributed by atoms with E-state index in [0.29, 0.717) is 18.1 Å². The zero-order valence-corrected chi connectivity index (χ0v) is 11.8. The molecule has 0 N–H and O–H groups in total. The molecule has 102 valence electrons. The van der Waals surface area contributed by atoms with Crippen LogP contribution < -0.4 is 9.64 Å². The zero-order valence-electron chi connectivity index (χ0n) is 11.8. The average molecular weight is 268 g/mol. The Labute approximate surface area is 118 Å². The van der Waals surface area contributed by atoms with E-state index < -0.39 is 0 Å². The first-order chi connectivity index (χ1) is 9.65. The van der Waals surface area contributed by atoms with Gasteiger partial charge in [0.1, 0.15) is 29.7 Å². The second-order valence-corrected chi connectivity index (χ2v) is 4.32. The molecule has 1 heterocycles. The van der Waals surface area contributed by atoms with Crippen molar-refractivity contribution in [3.05, 3.63) is 41.9 Å². The molecule has 5 heteroatoms. The van der Waals surface area contributed by atoms with Gasteiger partial charge >= 0.3 is 0 Å². The normalized spacial score (nSPS) is 9.90. The van der Waals surface area contributed by atoms with E-state index in [9.17, 15) is 0 Å². The molecule has 0 saturated carbocycles. The van der Waals surface area contributed by atoms with Crippen molar-refractivity contribution in [2.75, 3.05) is 18.6 Å². The Bertz CT molecular complexity index is 649. The van der Waals surface area contributed by atoms with Gasteiger partial charge in [-0.05, 0) is 37.6 Å². The van der Waals surface area contributed by atoms with Crippen LogP contribution in [0.3, 0.4) is 0 Å². The van der Waals surface area contributed by atoms with Gasteiger partial charge in [0.05, 0.1) is 6.61 Å². The van der Waals surface area contributed by atoms with Gasteiger partial charge in [-0.2, -0.15) is 5.26 Å². The van der Waals surface area contributed by atoms with E-state index in [4.69, 9.17) is 10.00 Å².